The summed E-state index contributed by atoms with van der Waals surface area (Å²) in [4.78, 5) is 5.79. The molecular weight excluding hydrogens is 350 g/mol. The number of amidine groups is 1. The Hall–Kier alpha value is -1.92. The number of para-hydroxylation sites is 1. The van der Waals surface area contributed by atoms with Gasteiger partial charge in [-0.1, -0.05) is 48.5 Å². The number of β-amino-alcohol motifs (C(OH)–C–C–N with tert-alkyl or cyclic N) is 1. The Bertz CT molecular complexity index is 660. The number of rotatable bonds is 7. The minimum Gasteiger partial charge on any atom is -0.389 e. The molecule has 142 valence electrons. The van der Waals surface area contributed by atoms with Crippen LogP contribution in [-0.4, -0.2) is 35.7 Å². The Morgan fingerprint density at radius 2 is 1.62 bits per heavy atom. The van der Waals surface area contributed by atoms with Crippen molar-refractivity contribution >= 4 is 23.9 Å². The van der Waals surface area contributed by atoms with Crippen molar-refractivity contribution in [2.24, 2.45) is 0 Å². The Balaban J connectivity index is 0.00000338. The molecule has 2 aromatic rings. The highest BCUT2D eigenvalue weighted by atomic mass is 35.5. The summed E-state index contributed by atoms with van der Waals surface area (Å²) in [6, 6.07) is 18.8. The molecule has 3 N–H and O–H groups in total. The molecule has 0 aromatic heterocycles. The van der Waals surface area contributed by atoms with E-state index in [9.17, 15) is 5.11 Å². The van der Waals surface area contributed by atoms with Gasteiger partial charge in [-0.2, -0.15) is 0 Å². The van der Waals surface area contributed by atoms with Gasteiger partial charge in [0, 0.05) is 17.6 Å². The molecule has 26 heavy (non-hydrogen) atoms. The number of aliphatic hydroxyl groups is 1. The first-order valence-electron chi connectivity index (χ1n) is 8.42. The average molecular weight is 378 g/mol. The highest BCUT2D eigenvalue weighted by Gasteiger charge is 2.18. The van der Waals surface area contributed by atoms with E-state index in [1.54, 1.807) is 0 Å². The summed E-state index contributed by atoms with van der Waals surface area (Å²) in [5.74, 6) is 0.225. The molecule has 1 unspecified atom stereocenters. The number of halogens is 1. The minimum absolute atomic E-state index is 0. The molecule has 0 radical (unpaired) electrons. The second-order valence-corrected chi connectivity index (χ2v) is 6.93. The number of aliphatic hydroxyl groups excluding tert-OH is 1. The minimum atomic E-state index is -0.672. The number of benzene rings is 2. The molecule has 0 heterocycles. The monoisotopic (exact) mass is 377 g/mol. The van der Waals surface area contributed by atoms with Crippen LogP contribution < -0.4 is 10.4 Å². The van der Waals surface area contributed by atoms with Crippen molar-refractivity contribution in [2.75, 3.05) is 18.2 Å². The van der Waals surface area contributed by atoms with Crippen molar-refractivity contribution in [3.8, 4) is 0 Å². The second kappa shape index (κ2) is 10.3. The number of hydroxylamine groups is 1. The maximum absolute atomic E-state index is 10.2. The molecule has 1 atom stereocenters. The molecule has 2 rings (SSSR count). The van der Waals surface area contributed by atoms with Crippen molar-refractivity contribution < 1.29 is 9.94 Å². The lowest BCUT2D eigenvalue weighted by molar-refractivity contribution is 0.0374. The van der Waals surface area contributed by atoms with E-state index in [1.165, 1.54) is 5.06 Å². The first-order chi connectivity index (χ1) is 11.9. The maximum Gasteiger partial charge on any atom is 0.157 e. The molecule has 0 spiro atoms. The lowest BCUT2D eigenvalue weighted by Gasteiger charge is -2.27. The van der Waals surface area contributed by atoms with Crippen LogP contribution in [0.3, 0.4) is 0 Å². The average Bonchev–Trinajstić information content (AvgIpc) is 2.61. The second-order valence-electron chi connectivity index (χ2n) is 6.93. The highest BCUT2D eigenvalue weighted by molar-refractivity contribution is 6.06. The van der Waals surface area contributed by atoms with E-state index in [0.29, 0.717) is 6.54 Å². The predicted octanol–water partition coefficient (Wildman–Crippen LogP) is 3.62. The van der Waals surface area contributed by atoms with Crippen LogP contribution in [0.2, 0.25) is 0 Å². The Kier molecular flexibility index (Phi) is 8.75. The maximum atomic E-state index is 10.2. The van der Waals surface area contributed by atoms with E-state index in [0.717, 1.165) is 11.3 Å². The van der Waals surface area contributed by atoms with E-state index in [2.05, 4.69) is 5.32 Å². The molecule has 0 bridgehead atoms. The van der Waals surface area contributed by atoms with Gasteiger partial charge in [0.05, 0.1) is 11.8 Å². The Morgan fingerprint density at radius 3 is 2.15 bits per heavy atom. The number of hydrogen-bond acceptors (Lipinski definition) is 4. The van der Waals surface area contributed by atoms with Crippen LogP contribution in [0.5, 0.6) is 0 Å². The quantitative estimate of drug-likeness (QED) is 0.391. The van der Waals surface area contributed by atoms with Crippen LogP contribution in [0.15, 0.2) is 60.7 Å². The molecule has 6 heteroatoms. The zero-order valence-electron chi connectivity index (χ0n) is 15.5. The van der Waals surface area contributed by atoms with Crippen molar-refractivity contribution in [1.29, 1.82) is 5.41 Å². The van der Waals surface area contributed by atoms with Gasteiger partial charge < -0.3 is 10.4 Å². The lowest BCUT2D eigenvalue weighted by Crippen LogP contribution is -2.43. The summed E-state index contributed by atoms with van der Waals surface area (Å²) in [5.41, 5.74) is 1.41. The first kappa shape index (κ1) is 22.1. The Labute approximate surface area is 161 Å². The van der Waals surface area contributed by atoms with Gasteiger partial charge in [0.25, 0.3) is 0 Å². The van der Waals surface area contributed by atoms with Crippen LogP contribution in [0.1, 0.15) is 26.3 Å². The van der Waals surface area contributed by atoms with Crippen molar-refractivity contribution in [3.05, 3.63) is 66.2 Å². The Morgan fingerprint density at radius 1 is 1.08 bits per heavy atom. The molecular formula is C20H28ClN3O2. The largest absolute Gasteiger partial charge is 0.389 e. The third-order valence-corrected chi connectivity index (χ3v) is 3.51. The molecule has 0 saturated carbocycles. The standard InChI is InChI=1S/C20H27N3O2.ClH/c1-20(2,3)22-14-18(24)15-25-23(17-12-8-5-9-13-17)19(21)16-10-6-4-7-11-16;/h4-13,18,21-22,24H,14-15H2,1-3H3;1H. The molecule has 0 aliphatic heterocycles. The molecule has 2 aromatic carbocycles. The first-order valence-corrected chi connectivity index (χ1v) is 8.42. The molecule has 0 aliphatic rings. The zero-order chi connectivity index (χ0) is 18.3. The van der Waals surface area contributed by atoms with Gasteiger partial charge in [0.15, 0.2) is 5.84 Å². The summed E-state index contributed by atoms with van der Waals surface area (Å²) in [7, 11) is 0. The van der Waals surface area contributed by atoms with Crippen molar-refractivity contribution in [1.82, 2.24) is 5.32 Å². The summed E-state index contributed by atoms with van der Waals surface area (Å²) in [6.45, 7) is 6.64. The van der Waals surface area contributed by atoms with Gasteiger partial charge in [-0.05, 0) is 32.9 Å². The molecule has 5 nitrogen and oxygen atoms in total. The summed E-state index contributed by atoms with van der Waals surface area (Å²) in [5, 5.41) is 23.3. The number of nitrogens with one attached hydrogen (secondary N) is 2. The van der Waals surface area contributed by atoms with Gasteiger partial charge in [0.1, 0.15) is 6.61 Å². The van der Waals surface area contributed by atoms with E-state index in [-0.39, 0.29) is 30.4 Å². The SMILES string of the molecule is CC(C)(C)NCC(O)CON(C(=N)c1ccccc1)c1ccccc1.Cl. The zero-order valence-corrected chi connectivity index (χ0v) is 16.3. The highest BCUT2D eigenvalue weighted by Crippen LogP contribution is 2.17. The van der Waals surface area contributed by atoms with E-state index in [4.69, 9.17) is 10.2 Å². The van der Waals surface area contributed by atoms with Crippen molar-refractivity contribution in [3.63, 3.8) is 0 Å². The fourth-order valence-electron chi connectivity index (χ4n) is 2.19. The van der Waals surface area contributed by atoms with Gasteiger partial charge in [-0.25, -0.2) is 5.06 Å². The topological polar surface area (TPSA) is 68.6 Å². The summed E-state index contributed by atoms with van der Waals surface area (Å²) in [6.07, 6.45) is -0.672. The van der Waals surface area contributed by atoms with Gasteiger partial charge in [-0.15, -0.1) is 12.4 Å². The van der Waals surface area contributed by atoms with Gasteiger partial charge in [0.2, 0.25) is 0 Å². The molecule has 0 saturated heterocycles. The fourth-order valence-corrected chi connectivity index (χ4v) is 2.19. The summed E-state index contributed by atoms with van der Waals surface area (Å²) >= 11 is 0. The lowest BCUT2D eigenvalue weighted by atomic mass is 10.1. The van der Waals surface area contributed by atoms with Gasteiger partial charge in [-0.3, -0.25) is 10.2 Å². The smallest absolute Gasteiger partial charge is 0.157 e. The van der Waals surface area contributed by atoms with Crippen LogP contribution in [-0.2, 0) is 4.84 Å². The van der Waals surface area contributed by atoms with Crippen LogP contribution in [0.4, 0.5) is 5.69 Å². The van der Waals surface area contributed by atoms with Crippen LogP contribution in [0.25, 0.3) is 0 Å². The van der Waals surface area contributed by atoms with E-state index >= 15 is 0 Å². The number of nitrogens with zero attached hydrogens (tertiary/aromatic N) is 1. The fraction of sp³-hybridized carbons (Fsp3) is 0.350. The summed E-state index contributed by atoms with van der Waals surface area (Å²) < 4.78 is 0. The van der Waals surface area contributed by atoms with Crippen LogP contribution >= 0.6 is 12.4 Å². The van der Waals surface area contributed by atoms with Crippen molar-refractivity contribution in [2.45, 2.75) is 32.4 Å². The normalized spacial score (nSPS) is 12.2. The third-order valence-electron chi connectivity index (χ3n) is 3.51. The predicted molar refractivity (Wildman–Crippen MR) is 109 cm³/mol. The number of anilines is 1. The molecule has 0 amide bonds. The molecule has 0 aliphatic carbocycles. The van der Waals surface area contributed by atoms with Gasteiger partial charge >= 0.3 is 0 Å². The van der Waals surface area contributed by atoms with Crippen LogP contribution in [0, 0.1) is 5.41 Å². The third kappa shape index (κ3) is 7.14. The molecule has 0 fully saturated rings. The van der Waals surface area contributed by atoms with E-state index < -0.39 is 6.10 Å². The van der Waals surface area contributed by atoms with E-state index in [1.807, 2.05) is 81.4 Å². The number of hydrogen-bond donors (Lipinski definition) is 3.